The van der Waals surface area contributed by atoms with E-state index in [1.165, 1.54) is 0 Å². The van der Waals surface area contributed by atoms with E-state index in [1.54, 1.807) is 4.90 Å². The van der Waals surface area contributed by atoms with Crippen LogP contribution in [-0.4, -0.2) is 23.3 Å². The molecule has 0 radical (unpaired) electrons. The van der Waals surface area contributed by atoms with Gasteiger partial charge in [0.2, 0.25) is 0 Å². The van der Waals surface area contributed by atoms with Gasteiger partial charge in [0, 0.05) is 11.0 Å². The highest BCUT2D eigenvalue weighted by molar-refractivity contribution is 9.10. The van der Waals surface area contributed by atoms with E-state index >= 15 is 0 Å². The Morgan fingerprint density at radius 2 is 2.22 bits per heavy atom. The number of halogens is 1. The molecule has 96 valence electrons. The molecule has 1 heterocycles. The number of rotatable bonds is 3. The number of hydrogen-bond donors (Lipinski definition) is 1. The van der Waals surface area contributed by atoms with E-state index < -0.39 is 0 Å². The van der Waals surface area contributed by atoms with E-state index in [0.29, 0.717) is 12.4 Å². The smallest absolute Gasteiger partial charge is 0.346 e. The number of benzene rings is 1. The van der Waals surface area contributed by atoms with Crippen LogP contribution in [0.2, 0.25) is 0 Å². The van der Waals surface area contributed by atoms with E-state index in [-0.39, 0.29) is 12.1 Å². The van der Waals surface area contributed by atoms with Gasteiger partial charge in [-0.05, 0) is 30.5 Å². The molecule has 5 heteroatoms. The van der Waals surface area contributed by atoms with Gasteiger partial charge >= 0.3 is 6.03 Å². The van der Waals surface area contributed by atoms with Gasteiger partial charge in [-0.1, -0.05) is 35.0 Å². The van der Waals surface area contributed by atoms with Crippen molar-refractivity contribution in [1.29, 1.82) is 0 Å². The van der Waals surface area contributed by atoms with Crippen molar-refractivity contribution in [1.82, 2.24) is 4.90 Å². The molecule has 1 aromatic carbocycles. The van der Waals surface area contributed by atoms with Crippen molar-refractivity contribution in [3.05, 3.63) is 33.8 Å². The van der Waals surface area contributed by atoms with Crippen LogP contribution in [0.5, 0.6) is 0 Å². The Morgan fingerprint density at radius 3 is 2.83 bits per heavy atom. The van der Waals surface area contributed by atoms with Gasteiger partial charge in [0.15, 0.2) is 0 Å². The van der Waals surface area contributed by atoms with Crippen molar-refractivity contribution in [2.24, 2.45) is 10.7 Å². The minimum Gasteiger partial charge on any atom is -0.385 e. The second-order valence-electron chi connectivity index (χ2n) is 4.42. The predicted octanol–water partition coefficient (Wildman–Crippen LogP) is 3.00. The van der Waals surface area contributed by atoms with Gasteiger partial charge < -0.3 is 10.6 Å². The van der Waals surface area contributed by atoms with Gasteiger partial charge in [0.25, 0.3) is 0 Å². The van der Waals surface area contributed by atoms with Gasteiger partial charge in [-0.2, -0.15) is 4.99 Å². The summed E-state index contributed by atoms with van der Waals surface area (Å²) in [6.45, 7) is 4.72. The normalized spacial score (nSPS) is 19.3. The van der Waals surface area contributed by atoms with E-state index in [4.69, 9.17) is 5.73 Å². The lowest BCUT2D eigenvalue weighted by atomic mass is 10.0. The molecule has 18 heavy (non-hydrogen) atoms. The molecule has 2 amide bonds. The number of urea groups is 1. The molecular weight excluding hydrogens is 294 g/mol. The molecule has 1 aromatic rings. The van der Waals surface area contributed by atoms with E-state index in [2.05, 4.69) is 20.9 Å². The van der Waals surface area contributed by atoms with Crippen molar-refractivity contribution in [2.45, 2.75) is 26.3 Å². The van der Waals surface area contributed by atoms with Crippen LogP contribution in [-0.2, 0) is 0 Å². The summed E-state index contributed by atoms with van der Waals surface area (Å²) in [6, 6.07) is 5.54. The first-order valence-electron chi connectivity index (χ1n) is 5.95. The molecule has 0 spiro atoms. The number of hydrogen-bond acceptors (Lipinski definition) is 2. The zero-order chi connectivity index (χ0) is 13.3. The van der Waals surface area contributed by atoms with Crippen LogP contribution in [0.1, 0.15) is 30.5 Å². The fourth-order valence-corrected chi connectivity index (χ4v) is 2.50. The highest BCUT2D eigenvalue weighted by atomic mass is 79.9. The zero-order valence-corrected chi connectivity index (χ0v) is 12.1. The van der Waals surface area contributed by atoms with Gasteiger partial charge in [-0.3, -0.25) is 0 Å². The minimum atomic E-state index is -0.240. The first-order valence-corrected chi connectivity index (χ1v) is 6.74. The third-order valence-corrected chi connectivity index (χ3v) is 3.89. The zero-order valence-electron chi connectivity index (χ0n) is 10.5. The summed E-state index contributed by atoms with van der Waals surface area (Å²) in [5.74, 6) is 0.379. The SMILES string of the molecule is CCCN1C(=O)N=C(N)C1c1ccc(C)c(Br)c1. The van der Waals surface area contributed by atoms with Crippen LogP contribution < -0.4 is 5.73 Å². The standard InChI is InChI=1S/C13H16BrN3O/c1-3-6-17-11(12(15)16-13(17)18)9-5-4-8(2)10(14)7-9/h4-5,7,11H,3,6H2,1-2H3,(H2,15,16,18). The van der Waals surface area contributed by atoms with Gasteiger partial charge in [0.05, 0.1) is 0 Å². The molecule has 0 fully saturated rings. The highest BCUT2D eigenvalue weighted by Crippen LogP contribution is 2.29. The number of nitrogens with zero attached hydrogens (tertiary/aromatic N) is 2. The topological polar surface area (TPSA) is 58.7 Å². The molecule has 0 saturated carbocycles. The molecule has 2 N–H and O–H groups in total. The number of carbonyl (C=O) groups excluding carboxylic acids is 1. The molecule has 1 atom stereocenters. The number of nitrogens with two attached hydrogens (primary N) is 1. The van der Waals surface area contributed by atoms with Crippen molar-refractivity contribution in [2.75, 3.05) is 6.54 Å². The predicted molar refractivity (Wildman–Crippen MR) is 75.6 cm³/mol. The number of carbonyl (C=O) groups is 1. The first-order chi connectivity index (χ1) is 8.54. The average molecular weight is 310 g/mol. The lowest BCUT2D eigenvalue weighted by molar-refractivity contribution is 0.206. The molecule has 0 bridgehead atoms. The maximum Gasteiger partial charge on any atom is 0.346 e. The van der Waals surface area contributed by atoms with Crippen LogP contribution in [0.25, 0.3) is 0 Å². The summed E-state index contributed by atoms with van der Waals surface area (Å²) in [7, 11) is 0. The largest absolute Gasteiger partial charge is 0.385 e. The Bertz CT molecular complexity index is 513. The summed E-state index contributed by atoms with van der Waals surface area (Å²) in [4.78, 5) is 17.3. The van der Waals surface area contributed by atoms with Crippen molar-refractivity contribution in [3.63, 3.8) is 0 Å². The fourth-order valence-electron chi connectivity index (χ4n) is 2.10. The molecule has 1 unspecified atom stereocenters. The lowest BCUT2D eigenvalue weighted by Crippen LogP contribution is -2.33. The number of amides is 2. The highest BCUT2D eigenvalue weighted by Gasteiger charge is 2.33. The second kappa shape index (κ2) is 5.10. The van der Waals surface area contributed by atoms with Crippen molar-refractivity contribution < 1.29 is 4.79 Å². The van der Waals surface area contributed by atoms with Crippen LogP contribution >= 0.6 is 15.9 Å². The monoisotopic (exact) mass is 309 g/mol. The van der Waals surface area contributed by atoms with E-state index in [0.717, 1.165) is 22.0 Å². The Kier molecular flexibility index (Phi) is 3.71. The van der Waals surface area contributed by atoms with Gasteiger partial charge in [0.1, 0.15) is 11.9 Å². The van der Waals surface area contributed by atoms with Crippen LogP contribution in [0, 0.1) is 6.92 Å². The van der Waals surface area contributed by atoms with Crippen LogP contribution in [0.4, 0.5) is 4.79 Å². The fraction of sp³-hybridized carbons (Fsp3) is 0.385. The quantitative estimate of drug-likeness (QED) is 0.933. The maximum atomic E-state index is 11.8. The minimum absolute atomic E-state index is 0.227. The van der Waals surface area contributed by atoms with E-state index in [9.17, 15) is 4.79 Å². The Labute approximate surface area is 115 Å². The summed E-state index contributed by atoms with van der Waals surface area (Å²) in [5.41, 5.74) is 8.03. The molecule has 2 rings (SSSR count). The lowest BCUT2D eigenvalue weighted by Gasteiger charge is -2.24. The summed E-state index contributed by atoms with van der Waals surface area (Å²) in [6.07, 6.45) is 0.887. The van der Waals surface area contributed by atoms with Crippen molar-refractivity contribution in [3.8, 4) is 0 Å². The molecule has 1 aliphatic rings. The molecule has 4 nitrogen and oxygen atoms in total. The molecule has 0 aromatic heterocycles. The third kappa shape index (κ3) is 2.27. The van der Waals surface area contributed by atoms with Crippen LogP contribution in [0.15, 0.2) is 27.7 Å². The number of aryl methyl sites for hydroxylation is 1. The maximum absolute atomic E-state index is 11.8. The van der Waals surface area contributed by atoms with E-state index in [1.807, 2.05) is 32.0 Å². The van der Waals surface area contributed by atoms with Crippen LogP contribution in [0.3, 0.4) is 0 Å². The molecule has 0 aliphatic carbocycles. The molecule has 1 aliphatic heterocycles. The Morgan fingerprint density at radius 1 is 1.50 bits per heavy atom. The molecule has 0 saturated heterocycles. The second-order valence-corrected chi connectivity index (χ2v) is 5.28. The summed E-state index contributed by atoms with van der Waals surface area (Å²) in [5, 5.41) is 0. The first kappa shape index (κ1) is 13.1. The Balaban J connectivity index is 2.37. The average Bonchev–Trinajstić information content (AvgIpc) is 2.59. The Hall–Kier alpha value is -1.36. The summed E-state index contributed by atoms with van der Waals surface area (Å²) < 4.78 is 1.02. The number of aliphatic imine (C=N–C) groups is 1. The summed E-state index contributed by atoms with van der Waals surface area (Å²) >= 11 is 3.50. The van der Waals surface area contributed by atoms with Gasteiger partial charge in [-0.15, -0.1) is 0 Å². The van der Waals surface area contributed by atoms with Gasteiger partial charge in [-0.25, -0.2) is 4.79 Å². The third-order valence-electron chi connectivity index (χ3n) is 3.04. The number of amidine groups is 1. The van der Waals surface area contributed by atoms with Crippen molar-refractivity contribution >= 4 is 27.8 Å². The molecular formula is C13H16BrN3O.